The average molecular weight is 449 g/mol. The third-order valence-corrected chi connectivity index (χ3v) is 6.96. The third kappa shape index (κ3) is 4.70. The summed E-state index contributed by atoms with van der Waals surface area (Å²) in [5.41, 5.74) is 3.42. The van der Waals surface area contributed by atoms with Gasteiger partial charge in [0.05, 0.1) is 30.6 Å². The van der Waals surface area contributed by atoms with Crippen molar-refractivity contribution in [1.29, 1.82) is 0 Å². The van der Waals surface area contributed by atoms with Crippen molar-refractivity contribution in [1.82, 2.24) is 0 Å². The molecule has 1 amide bonds. The van der Waals surface area contributed by atoms with E-state index in [1.54, 1.807) is 7.11 Å². The van der Waals surface area contributed by atoms with Crippen molar-refractivity contribution in [2.24, 2.45) is 16.3 Å². The molecule has 33 heavy (non-hydrogen) atoms. The minimum absolute atomic E-state index is 0.0602. The smallest absolute Gasteiger partial charge is 0.227 e. The van der Waals surface area contributed by atoms with Gasteiger partial charge in [0.1, 0.15) is 5.75 Å². The highest BCUT2D eigenvalue weighted by molar-refractivity contribution is 6.03. The number of anilines is 1. The number of hydrogen-bond donors (Lipinski definition) is 1. The van der Waals surface area contributed by atoms with Gasteiger partial charge in [-0.15, -0.1) is 0 Å². The summed E-state index contributed by atoms with van der Waals surface area (Å²) in [6, 6.07) is 15.4. The van der Waals surface area contributed by atoms with E-state index in [1.165, 1.54) is 0 Å². The van der Waals surface area contributed by atoms with Crippen LogP contribution in [-0.2, 0) is 4.79 Å². The molecule has 1 saturated carbocycles. The van der Waals surface area contributed by atoms with E-state index < -0.39 is 6.10 Å². The molecule has 2 aliphatic rings. The van der Waals surface area contributed by atoms with Gasteiger partial charge >= 0.3 is 0 Å². The van der Waals surface area contributed by atoms with Crippen LogP contribution in [0, 0.1) is 11.3 Å². The van der Waals surface area contributed by atoms with Gasteiger partial charge in [0.2, 0.25) is 5.91 Å². The number of carbonyl (C=O) groups excluding carboxylic acids is 1. The number of amides is 1. The lowest BCUT2D eigenvalue weighted by Gasteiger charge is -2.45. The van der Waals surface area contributed by atoms with Gasteiger partial charge in [-0.2, -0.15) is 0 Å². The first-order chi connectivity index (χ1) is 15.9. The van der Waals surface area contributed by atoms with Crippen LogP contribution in [0.2, 0.25) is 0 Å². The molecule has 1 N–H and O–H groups in total. The Morgan fingerprint density at radius 1 is 1.15 bits per heavy atom. The number of hydrogen-bond acceptors (Lipinski definition) is 4. The lowest BCUT2D eigenvalue weighted by Crippen LogP contribution is -2.49. The van der Waals surface area contributed by atoms with E-state index in [1.807, 2.05) is 53.4 Å². The molecular weight excluding hydrogens is 412 g/mol. The highest BCUT2D eigenvalue weighted by Gasteiger charge is 2.48. The predicted octanol–water partition coefficient (Wildman–Crippen LogP) is 6.23. The molecule has 0 radical (unpaired) electrons. The maximum atomic E-state index is 13.8. The van der Waals surface area contributed by atoms with Crippen LogP contribution in [0.1, 0.15) is 70.9 Å². The number of aliphatic imine (C=N–C) groups is 1. The number of benzene rings is 2. The minimum atomic E-state index is -0.609. The summed E-state index contributed by atoms with van der Waals surface area (Å²) in [6.07, 6.45) is 4.23. The molecular formula is C28H36N2O3. The molecule has 4 rings (SSSR count). The monoisotopic (exact) mass is 448 g/mol. The van der Waals surface area contributed by atoms with E-state index in [0.29, 0.717) is 12.8 Å². The number of methoxy groups -OCH3 is 1. The second-order valence-electron chi connectivity index (χ2n) is 10.1. The topological polar surface area (TPSA) is 62.1 Å². The summed E-state index contributed by atoms with van der Waals surface area (Å²) >= 11 is 0. The van der Waals surface area contributed by atoms with Crippen LogP contribution < -0.4 is 9.64 Å². The first-order valence-corrected chi connectivity index (χ1v) is 12.2. The standard InChI is InChI=1S/C28H36N2O3/c1-5-6-7-16-25(32)30-22-14-10-9-13-20(22)29-21-17-28(2,3)18-23(31)26(21)27(30)19-12-8-11-15-24(19)33-4/h8-15,23,26-27,31H,5-7,16-18H2,1-4H3. The van der Waals surface area contributed by atoms with Gasteiger partial charge in [0, 0.05) is 23.6 Å². The van der Waals surface area contributed by atoms with Gasteiger partial charge in [-0.25, -0.2) is 0 Å². The number of unbranched alkanes of at least 4 members (excludes halogenated alkanes) is 2. The van der Waals surface area contributed by atoms with Crippen LogP contribution in [0.25, 0.3) is 0 Å². The molecule has 0 saturated heterocycles. The van der Waals surface area contributed by atoms with Crippen LogP contribution in [0.3, 0.4) is 0 Å². The first kappa shape index (κ1) is 23.5. The van der Waals surface area contributed by atoms with Gasteiger partial charge in [0.25, 0.3) is 0 Å². The molecule has 0 spiro atoms. The highest BCUT2D eigenvalue weighted by atomic mass is 16.5. The first-order valence-electron chi connectivity index (χ1n) is 12.2. The maximum Gasteiger partial charge on any atom is 0.227 e. The molecule has 0 bridgehead atoms. The van der Waals surface area contributed by atoms with Gasteiger partial charge in [-0.1, -0.05) is 63.9 Å². The molecule has 2 aromatic carbocycles. The SMILES string of the molecule is CCCCCC(=O)N1c2ccccc2N=C2CC(C)(C)CC(O)C2C1c1ccccc1OC. The molecule has 1 aliphatic carbocycles. The number of carbonyl (C=O) groups is 1. The minimum Gasteiger partial charge on any atom is -0.496 e. The number of para-hydroxylation sites is 3. The van der Waals surface area contributed by atoms with Gasteiger partial charge in [0.15, 0.2) is 0 Å². The van der Waals surface area contributed by atoms with Crippen molar-refractivity contribution in [3.05, 3.63) is 54.1 Å². The number of ether oxygens (including phenoxy) is 1. The maximum absolute atomic E-state index is 13.8. The Labute approximate surface area is 197 Å². The van der Waals surface area contributed by atoms with Crippen molar-refractivity contribution >= 4 is 23.0 Å². The van der Waals surface area contributed by atoms with E-state index in [0.717, 1.165) is 54.1 Å². The fraction of sp³-hybridized carbons (Fsp3) is 0.500. The number of aliphatic hydroxyl groups excluding tert-OH is 1. The number of fused-ring (bicyclic) bond motifs is 2. The number of nitrogens with zero attached hydrogens (tertiary/aromatic N) is 2. The molecule has 5 nitrogen and oxygen atoms in total. The fourth-order valence-corrected chi connectivity index (χ4v) is 5.51. The van der Waals surface area contributed by atoms with E-state index in [-0.39, 0.29) is 23.3 Å². The molecule has 1 aliphatic heterocycles. The van der Waals surface area contributed by atoms with Crippen molar-refractivity contribution in [2.45, 2.75) is 71.4 Å². The Bertz CT molecular complexity index is 1030. The Morgan fingerprint density at radius 2 is 1.88 bits per heavy atom. The molecule has 5 heteroatoms. The van der Waals surface area contributed by atoms with Gasteiger partial charge < -0.3 is 14.7 Å². The van der Waals surface area contributed by atoms with Crippen molar-refractivity contribution in [3.8, 4) is 5.75 Å². The predicted molar refractivity (Wildman–Crippen MR) is 133 cm³/mol. The second kappa shape index (κ2) is 9.68. The summed E-state index contributed by atoms with van der Waals surface area (Å²) in [4.78, 5) is 20.8. The van der Waals surface area contributed by atoms with E-state index in [4.69, 9.17) is 9.73 Å². The summed E-state index contributed by atoms with van der Waals surface area (Å²) in [5.74, 6) is 0.502. The molecule has 1 fully saturated rings. The summed E-state index contributed by atoms with van der Waals surface area (Å²) in [7, 11) is 1.66. The Kier molecular flexibility index (Phi) is 6.89. The van der Waals surface area contributed by atoms with Crippen molar-refractivity contribution in [2.75, 3.05) is 12.0 Å². The van der Waals surface area contributed by atoms with Crippen LogP contribution in [-0.4, -0.2) is 29.9 Å². The molecule has 176 valence electrons. The Morgan fingerprint density at radius 3 is 2.64 bits per heavy atom. The zero-order valence-corrected chi connectivity index (χ0v) is 20.3. The zero-order valence-electron chi connectivity index (χ0n) is 20.3. The normalized spacial score (nSPS) is 23.7. The average Bonchev–Trinajstić information content (AvgIpc) is 2.92. The van der Waals surface area contributed by atoms with Crippen LogP contribution in [0.15, 0.2) is 53.5 Å². The van der Waals surface area contributed by atoms with Crippen LogP contribution >= 0.6 is 0 Å². The van der Waals surface area contributed by atoms with E-state index in [2.05, 4.69) is 20.8 Å². The van der Waals surface area contributed by atoms with Crippen LogP contribution in [0.5, 0.6) is 5.75 Å². The van der Waals surface area contributed by atoms with E-state index >= 15 is 0 Å². The molecule has 1 heterocycles. The largest absolute Gasteiger partial charge is 0.496 e. The summed E-state index contributed by atoms with van der Waals surface area (Å²) in [5, 5.41) is 11.5. The molecule has 2 aromatic rings. The van der Waals surface area contributed by atoms with Crippen LogP contribution in [0.4, 0.5) is 11.4 Å². The van der Waals surface area contributed by atoms with Crippen molar-refractivity contribution < 1.29 is 14.6 Å². The highest BCUT2D eigenvalue weighted by Crippen LogP contribution is 2.51. The Balaban J connectivity index is 1.92. The third-order valence-electron chi connectivity index (χ3n) is 6.96. The number of rotatable bonds is 6. The summed E-state index contributed by atoms with van der Waals surface area (Å²) < 4.78 is 5.75. The molecule has 3 atom stereocenters. The van der Waals surface area contributed by atoms with Gasteiger partial charge in [-0.3, -0.25) is 9.79 Å². The molecule has 3 unspecified atom stereocenters. The van der Waals surface area contributed by atoms with Gasteiger partial charge in [-0.05, 0) is 42.9 Å². The lowest BCUT2D eigenvalue weighted by molar-refractivity contribution is -0.119. The summed E-state index contributed by atoms with van der Waals surface area (Å²) in [6.45, 7) is 6.50. The lowest BCUT2D eigenvalue weighted by atomic mass is 9.67. The van der Waals surface area contributed by atoms with Crippen molar-refractivity contribution in [3.63, 3.8) is 0 Å². The Hall–Kier alpha value is -2.66. The fourth-order valence-electron chi connectivity index (χ4n) is 5.51. The quantitative estimate of drug-likeness (QED) is 0.533. The number of aliphatic hydroxyl groups is 1. The second-order valence-corrected chi connectivity index (χ2v) is 10.1. The zero-order chi connectivity index (χ0) is 23.6. The van der Waals surface area contributed by atoms with E-state index in [9.17, 15) is 9.90 Å². The molecule has 0 aromatic heterocycles.